The van der Waals surface area contributed by atoms with Crippen LogP contribution in [0.3, 0.4) is 0 Å². The second kappa shape index (κ2) is 8.66. The van der Waals surface area contributed by atoms with E-state index in [4.69, 9.17) is 4.74 Å². The fourth-order valence-electron chi connectivity index (χ4n) is 2.91. The Kier molecular flexibility index (Phi) is 6.58. The first-order valence-electron chi connectivity index (χ1n) is 8.66. The Bertz CT molecular complexity index is 574. The lowest BCUT2D eigenvalue weighted by molar-refractivity contribution is -0.138. The van der Waals surface area contributed by atoms with E-state index >= 15 is 0 Å². The van der Waals surface area contributed by atoms with Crippen molar-refractivity contribution in [2.75, 3.05) is 19.7 Å². The molecule has 1 saturated heterocycles. The van der Waals surface area contributed by atoms with E-state index in [2.05, 4.69) is 10.3 Å². The summed E-state index contributed by atoms with van der Waals surface area (Å²) >= 11 is 0. The summed E-state index contributed by atoms with van der Waals surface area (Å²) in [6, 6.07) is 3.72. The Hall–Kier alpha value is -2.11. The first-order chi connectivity index (χ1) is 11.5. The highest BCUT2D eigenvalue weighted by atomic mass is 16.5. The van der Waals surface area contributed by atoms with Crippen molar-refractivity contribution in [1.29, 1.82) is 0 Å². The minimum Gasteiger partial charge on any atom is -0.478 e. The summed E-state index contributed by atoms with van der Waals surface area (Å²) in [5, 5.41) is 2.96. The van der Waals surface area contributed by atoms with E-state index in [0.717, 1.165) is 24.9 Å². The zero-order valence-corrected chi connectivity index (χ0v) is 14.7. The predicted molar refractivity (Wildman–Crippen MR) is 91.4 cm³/mol. The number of piperidine rings is 1. The van der Waals surface area contributed by atoms with Gasteiger partial charge in [-0.1, -0.05) is 19.9 Å². The van der Waals surface area contributed by atoms with Crippen LogP contribution in [-0.4, -0.2) is 41.4 Å². The van der Waals surface area contributed by atoms with Gasteiger partial charge in [-0.2, -0.15) is 0 Å². The number of ether oxygens (including phenoxy) is 1. The highest BCUT2D eigenvalue weighted by molar-refractivity contribution is 5.82. The SMILES string of the molecule is CCOc1ncccc1CNC(=O)C1CCCN(C(=O)C(C)C)C1. The number of nitrogens with one attached hydrogen (secondary N) is 1. The van der Waals surface area contributed by atoms with Crippen LogP contribution in [0.4, 0.5) is 0 Å². The summed E-state index contributed by atoms with van der Waals surface area (Å²) in [6.07, 6.45) is 3.36. The minimum atomic E-state index is -0.145. The number of likely N-dealkylation sites (tertiary alicyclic amines) is 1. The summed E-state index contributed by atoms with van der Waals surface area (Å²) in [7, 11) is 0. The average molecular weight is 333 g/mol. The normalized spacial score (nSPS) is 17.7. The molecule has 1 N–H and O–H groups in total. The predicted octanol–water partition coefficient (Wildman–Crippen LogP) is 1.99. The lowest BCUT2D eigenvalue weighted by Gasteiger charge is -2.33. The Morgan fingerprint density at radius 1 is 1.46 bits per heavy atom. The van der Waals surface area contributed by atoms with Crippen LogP contribution in [0.1, 0.15) is 39.2 Å². The number of nitrogens with zero attached hydrogens (tertiary/aromatic N) is 2. The first kappa shape index (κ1) is 18.2. The van der Waals surface area contributed by atoms with Crippen LogP contribution in [-0.2, 0) is 16.1 Å². The molecule has 0 aromatic carbocycles. The van der Waals surface area contributed by atoms with Crippen molar-refractivity contribution >= 4 is 11.8 Å². The summed E-state index contributed by atoms with van der Waals surface area (Å²) in [5.74, 6) is 0.492. The molecule has 6 heteroatoms. The molecule has 0 aliphatic carbocycles. The molecule has 2 heterocycles. The quantitative estimate of drug-likeness (QED) is 0.864. The lowest BCUT2D eigenvalue weighted by Crippen LogP contribution is -2.46. The first-order valence-corrected chi connectivity index (χ1v) is 8.66. The summed E-state index contributed by atoms with van der Waals surface area (Å²) in [5.41, 5.74) is 0.860. The van der Waals surface area contributed by atoms with Crippen LogP contribution in [0, 0.1) is 11.8 Å². The van der Waals surface area contributed by atoms with Crippen LogP contribution >= 0.6 is 0 Å². The molecule has 1 aromatic heterocycles. The van der Waals surface area contributed by atoms with E-state index in [1.165, 1.54) is 0 Å². The van der Waals surface area contributed by atoms with E-state index in [1.807, 2.05) is 37.8 Å². The number of hydrogen-bond donors (Lipinski definition) is 1. The molecular formula is C18H27N3O3. The monoisotopic (exact) mass is 333 g/mol. The maximum atomic E-state index is 12.5. The molecule has 2 amide bonds. The maximum Gasteiger partial charge on any atom is 0.225 e. The molecule has 1 fully saturated rings. The van der Waals surface area contributed by atoms with Crippen LogP contribution in [0.2, 0.25) is 0 Å². The van der Waals surface area contributed by atoms with Gasteiger partial charge in [0.2, 0.25) is 17.7 Å². The Morgan fingerprint density at radius 3 is 2.96 bits per heavy atom. The molecule has 1 aliphatic heterocycles. The molecule has 24 heavy (non-hydrogen) atoms. The molecule has 0 spiro atoms. The number of carbonyl (C=O) groups is 2. The summed E-state index contributed by atoms with van der Waals surface area (Å²) in [6.45, 7) is 7.86. The number of amides is 2. The molecule has 0 saturated carbocycles. The van der Waals surface area contributed by atoms with Crippen molar-refractivity contribution in [2.24, 2.45) is 11.8 Å². The third-order valence-corrected chi connectivity index (χ3v) is 4.18. The van der Waals surface area contributed by atoms with E-state index in [-0.39, 0.29) is 23.7 Å². The van der Waals surface area contributed by atoms with Crippen molar-refractivity contribution in [2.45, 2.75) is 40.2 Å². The number of rotatable bonds is 6. The zero-order valence-electron chi connectivity index (χ0n) is 14.7. The number of carbonyl (C=O) groups excluding carboxylic acids is 2. The fourth-order valence-corrected chi connectivity index (χ4v) is 2.91. The van der Waals surface area contributed by atoms with Gasteiger partial charge in [0, 0.05) is 37.3 Å². The highest BCUT2D eigenvalue weighted by Gasteiger charge is 2.29. The van der Waals surface area contributed by atoms with Crippen LogP contribution in [0.5, 0.6) is 5.88 Å². The molecule has 0 radical (unpaired) electrons. The van der Waals surface area contributed by atoms with Crippen LogP contribution in [0.15, 0.2) is 18.3 Å². The van der Waals surface area contributed by atoms with Gasteiger partial charge in [-0.25, -0.2) is 4.98 Å². The molecule has 0 bridgehead atoms. The summed E-state index contributed by atoms with van der Waals surface area (Å²) < 4.78 is 5.47. The van der Waals surface area contributed by atoms with Gasteiger partial charge in [-0.15, -0.1) is 0 Å². The van der Waals surface area contributed by atoms with Gasteiger partial charge in [0.25, 0.3) is 0 Å². The van der Waals surface area contributed by atoms with Gasteiger partial charge in [-0.3, -0.25) is 9.59 Å². The molecule has 1 aromatic rings. The van der Waals surface area contributed by atoms with Crippen LogP contribution < -0.4 is 10.1 Å². The molecule has 1 atom stereocenters. The largest absolute Gasteiger partial charge is 0.478 e. The Labute approximate surface area is 143 Å². The van der Waals surface area contributed by atoms with E-state index in [0.29, 0.717) is 25.6 Å². The third-order valence-electron chi connectivity index (χ3n) is 4.18. The van der Waals surface area contributed by atoms with E-state index in [9.17, 15) is 9.59 Å². The molecule has 6 nitrogen and oxygen atoms in total. The van der Waals surface area contributed by atoms with Crippen molar-refractivity contribution in [3.8, 4) is 5.88 Å². The third kappa shape index (κ3) is 4.69. The Balaban J connectivity index is 1.92. The van der Waals surface area contributed by atoms with Gasteiger partial charge in [0.05, 0.1) is 12.5 Å². The standard InChI is InChI=1S/C18H27N3O3/c1-4-24-17-14(7-5-9-19-17)11-20-16(22)15-8-6-10-21(12-15)18(23)13(2)3/h5,7,9,13,15H,4,6,8,10-12H2,1-3H3,(H,20,22). The van der Waals surface area contributed by atoms with Crippen molar-refractivity contribution in [3.63, 3.8) is 0 Å². The second-order valence-corrected chi connectivity index (χ2v) is 6.40. The van der Waals surface area contributed by atoms with Gasteiger partial charge in [-0.05, 0) is 25.8 Å². The molecule has 132 valence electrons. The molecule has 1 unspecified atom stereocenters. The van der Waals surface area contributed by atoms with Crippen LogP contribution in [0.25, 0.3) is 0 Å². The smallest absolute Gasteiger partial charge is 0.225 e. The molecular weight excluding hydrogens is 306 g/mol. The zero-order chi connectivity index (χ0) is 17.5. The minimum absolute atomic E-state index is 0.0115. The number of aromatic nitrogens is 1. The Morgan fingerprint density at radius 2 is 2.25 bits per heavy atom. The topological polar surface area (TPSA) is 71.5 Å². The van der Waals surface area contributed by atoms with Gasteiger partial charge in [0.15, 0.2) is 0 Å². The summed E-state index contributed by atoms with van der Waals surface area (Å²) in [4.78, 5) is 30.6. The molecule has 1 aliphatic rings. The van der Waals surface area contributed by atoms with Crippen molar-refractivity contribution < 1.29 is 14.3 Å². The number of pyridine rings is 1. The number of hydrogen-bond acceptors (Lipinski definition) is 4. The maximum absolute atomic E-state index is 12.5. The lowest BCUT2D eigenvalue weighted by atomic mass is 9.96. The average Bonchev–Trinajstić information content (AvgIpc) is 2.60. The van der Waals surface area contributed by atoms with Gasteiger partial charge < -0.3 is 15.0 Å². The second-order valence-electron chi connectivity index (χ2n) is 6.40. The van der Waals surface area contributed by atoms with Gasteiger partial charge >= 0.3 is 0 Å². The van der Waals surface area contributed by atoms with Crippen molar-refractivity contribution in [3.05, 3.63) is 23.9 Å². The van der Waals surface area contributed by atoms with E-state index < -0.39 is 0 Å². The molecule has 2 rings (SSSR count). The van der Waals surface area contributed by atoms with Crippen molar-refractivity contribution in [1.82, 2.24) is 15.2 Å². The van der Waals surface area contributed by atoms with E-state index in [1.54, 1.807) is 6.20 Å². The van der Waals surface area contributed by atoms with Gasteiger partial charge in [0.1, 0.15) is 0 Å². The highest BCUT2D eigenvalue weighted by Crippen LogP contribution is 2.19. The fraction of sp³-hybridized carbons (Fsp3) is 0.611.